The van der Waals surface area contributed by atoms with E-state index in [1.807, 2.05) is 30.3 Å². The van der Waals surface area contributed by atoms with Gasteiger partial charge in [-0.2, -0.15) is 0 Å². The highest BCUT2D eigenvalue weighted by Gasteiger charge is 2.16. The molecule has 21 heavy (non-hydrogen) atoms. The highest BCUT2D eigenvalue weighted by Crippen LogP contribution is 2.04. The first-order valence-electron chi connectivity index (χ1n) is 7.27. The number of aromatic nitrogens is 3. The van der Waals surface area contributed by atoms with Gasteiger partial charge in [0, 0.05) is 12.6 Å². The summed E-state index contributed by atoms with van der Waals surface area (Å²) in [6.07, 6.45) is 3.97. The van der Waals surface area contributed by atoms with Gasteiger partial charge in [0.1, 0.15) is 0 Å². The lowest BCUT2D eigenvalue weighted by atomic mass is 10.2. The molecular formula is C15H19N5O. The molecule has 1 fully saturated rings. The molecule has 0 spiro atoms. The lowest BCUT2D eigenvalue weighted by Crippen LogP contribution is -2.37. The van der Waals surface area contributed by atoms with Crippen molar-refractivity contribution in [3.63, 3.8) is 0 Å². The third-order valence-corrected chi connectivity index (χ3v) is 3.63. The highest BCUT2D eigenvalue weighted by molar-refractivity contribution is 5.91. The standard InChI is InChI=1S/C15H19N5O/c21-15(17-9-13-7-4-8-16-13)14-11-20(19-18-14)10-12-5-2-1-3-6-12/h1-3,5-6,11,13,16H,4,7-10H2,(H,17,21). The Hall–Kier alpha value is -2.21. The molecule has 0 aliphatic carbocycles. The zero-order chi connectivity index (χ0) is 14.5. The molecule has 0 bridgehead atoms. The van der Waals surface area contributed by atoms with Gasteiger partial charge in [-0.05, 0) is 24.9 Å². The SMILES string of the molecule is O=C(NCC1CCCN1)c1cn(Cc2ccccc2)nn1. The van der Waals surface area contributed by atoms with Gasteiger partial charge in [0.2, 0.25) is 0 Å². The van der Waals surface area contributed by atoms with Gasteiger partial charge in [0.05, 0.1) is 12.7 Å². The third kappa shape index (κ3) is 3.66. The molecule has 0 radical (unpaired) electrons. The Balaban J connectivity index is 1.55. The first-order chi connectivity index (χ1) is 10.3. The topological polar surface area (TPSA) is 71.8 Å². The van der Waals surface area contributed by atoms with E-state index >= 15 is 0 Å². The predicted molar refractivity (Wildman–Crippen MR) is 78.9 cm³/mol. The summed E-state index contributed by atoms with van der Waals surface area (Å²) in [7, 11) is 0. The van der Waals surface area contributed by atoms with Gasteiger partial charge in [0.25, 0.3) is 5.91 Å². The number of carbonyl (C=O) groups is 1. The Morgan fingerprint density at radius 2 is 2.24 bits per heavy atom. The van der Waals surface area contributed by atoms with Crippen LogP contribution in [0.2, 0.25) is 0 Å². The van der Waals surface area contributed by atoms with E-state index in [1.54, 1.807) is 10.9 Å². The van der Waals surface area contributed by atoms with E-state index in [2.05, 4.69) is 20.9 Å². The number of amides is 1. The summed E-state index contributed by atoms with van der Waals surface area (Å²) < 4.78 is 1.68. The summed E-state index contributed by atoms with van der Waals surface area (Å²) >= 11 is 0. The molecule has 2 N–H and O–H groups in total. The average Bonchev–Trinajstić information content (AvgIpc) is 3.17. The molecule has 2 aromatic rings. The van der Waals surface area contributed by atoms with Gasteiger partial charge in [-0.3, -0.25) is 4.79 Å². The largest absolute Gasteiger partial charge is 0.349 e. The Morgan fingerprint density at radius 3 is 3.00 bits per heavy atom. The lowest BCUT2D eigenvalue weighted by molar-refractivity contribution is 0.0945. The van der Waals surface area contributed by atoms with E-state index in [4.69, 9.17) is 0 Å². The Bertz CT molecular complexity index is 589. The highest BCUT2D eigenvalue weighted by atomic mass is 16.2. The van der Waals surface area contributed by atoms with Crippen LogP contribution in [-0.4, -0.2) is 40.0 Å². The second kappa shape index (κ2) is 6.49. The number of nitrogens with zero attached hydrogens (tertiary/aromatic N) is 3. The normalized spacial score (nSPS) is 17.8. The van der Waals surface area contributed by atoms with Crippen molar-refractivity contribution in [1.82, 2.24) is 25.6 Å². The van der Waals surface area contributed by atoms with E-state index in [-0.39, 0.29) is 5.91 Å². The molecule has 6 nitrogen and oxygen atoms in total. The van der Waals surface area contributed by atoms with E-state index in [9.17, 15) is 4.79 Å². The maximum absolute atomic E-state index is 12.0. The molecule has 1 aromatic carbocycles. The van der Waals surface area contributed by atoms with Gasteiger partial charge in [-0.1, -0.05) is 35.5 Å². The van der Waals surface area contributed by atoms with Crippen molar-refractivity contribution in [1.29, 1.82) is 0 Å². The monoisotopic (exact) mass is 285 g/mol. The quantitative estimate of drug-likeness (QED) is 0.852. The predicted octanol–water partition coefficient (Wildman–Crippen LogP) is 0.808. The molecule has 1 aliphatic heterocycles. The zero-order valence-electron chi connectivity index (χ0n) is 11.8. The molecule has 1 aromatic heterocycles. The summed E-state index contributed by atoms with van der Waals surface area (Å²) in [4.78, 5) is 12.0. The third-order valence-electron chi connectivity index (χ3n) is 3.63. The number of hydrogen-bond donors (Lipinski definition) is 2. The second-order valence-electron chi connectivity index (χ2n) is 5.29. The lowest BCUT2D eigenvalue weighted by Gasteiger charge is -2.09. The summed E-state index contributed by atoms with van der Waals surface area (Å²) in [5.41, 5.74) is 1.49. The Morgan fingerprint density at radius 1 is 1.38 bits per heavy atom. The minimum Gasteiger partial charge on any atom is -0.349 e. The Labute approximate surface area is 123 Å². The van der Waals surface area contributed by atoms with Crippen LogP contribution in [0.15, 0.2) is 36.5 Å². The smallest absolute Gasteiger partial charge is 0.273 e. The van der Waals surface area contributed by atoms with Crippen LogP contribution in [-0.2, 0) is 6.54 Å². The van der Waals surface area contributed by atoms with Crippen molar-refractivity contribution in [2.75, 3.05) is 13.1 Å². The molecule has 1 amide bonds. The van der Waals surface area contributed by atoms with Crippen molar-refractivity contribution >= 4 is 5.91 Å². The summed E-state index contributed by atoms with van der Waals surface area (Å²) in [6.45, 7) is 2.30. The zero-order valence-corrected chi connectivity index (χ0v) is 11.8. The fraction of sp³-hybridized carbons (Fsp3) is 0.400. The maximum atomic E-state index is 12.0. The molecule has 1 saturated heterocycles. The van der Waals surface area contributed by atoms with Crippen LogP contribution in [0.25, 0.3) is 0 Å². The van der Waals surface area contributed by atoms with Crippen molar-refractivity contribution in [3.8, 4) is 0 Å². The summed E-state index contributed by atoms with van der Waals surface area (Å²) in [6, 6.07) is 10.4. The molecule has 1 aliphatic rings. The van der Waals surface area contributed by atoms with Crippen LogP contribution in [0.4, 0.5) is 0 Å². The fourth-order valence-electron chi connectivity index (χ4n) is 2.49. The van der Waals surface area contributed by atoms with Gasteiger partial charge in [0.15, 0.2) is 5.69 Å². The molecular weight excluding hydrogens is 266 g/mol. The van der Waals surface area contributed by atoms with Crippen LogP contribution in [0.1, 0.15) is 28.9 Å². The molecule has 2 heterocycles. The summed E-state index contributed by atoms with van der Waals surface area (Å²) in [5.74, 6) is -0.164. The van der Waals surface area contributed by atoms with Gasteiger partial charge in [-0.25, -0.2) is 4.68 Å². The first-order valence-corrected chi connectivity index (χ1v) is 7.27. The summed E-state index contributed by atoms with van der Waals surface area (Å²) in [5, 5.41) is 14.2. The van der Waals surface area contributed by atoms with E-state index in [0.29, 0.717) is 24.8 Å². The second-order valence-corrected chi connectivity index (χ2v) is 5.29. The van der Waals surface area contributed by atoms with Crippen LogP contribution in [0.5, 0.6) is 0 Å². The number of rotatable bonds is 5. The molecule has 3 rings (SSSR count). The minimum atomic E-state index is -0.164. The number of hydrogen-bond acceptors (Lipinski definition) is 4. The van der Waals surface area contributed by atoms with E-state index in [1.165, 1.54) is 6.42 Å². The number of benzene rings is 1. The molecule has 0 saturated carbocycles. The van der Waals surface area contributed by atoms with Crippen molar-refractivity contribution in [3.05, 3.63) is 47.8 Å². The average molecular weight is 285 g/mol. The molecule has 1 atom stereocenters. The molecule has 6 heteroatoms. The van der Waals surface area contributed by atoms with Crippen LogP contribution < -0.4 is 10.6 Å². The minimum absolute atomic E-state index is 0.164. The van der Waals surface area contributed by atoms with Gasteiger partial charge < -0.3 is 10.6 Å². The van der Waals surface area contributed by atoms with Crippen LogP contribution >= 0.6 is 0 Å². The fourth-order valence-corrected chi connectivity index (χ4v) is 2.49. The number of nitrogens with one attached hydrogen (secondary N) is 2. The van der Waals surface area contributed by atoms with Crippen molar-refractivity contribution in [2.24, 2.45) is 0 Å². The first kappa shape index (κ1) is 13.8. The molecule has 110 valence electrons. The van der Waals surface area contributed by atoms with Crippen LogP contribution in [0, 0.1) is 0 Å². The van der Waals surface area contributed by atoms with E-state index in [0.717, 1.165) is 18.5 Å². The Kier molecular flexibility index (Phi) is 4.25. The number of carbonyl (C=O) groups excluding carboxylic acids is 1. The van der Waals surface area contributed by atoms with Crippen molar-refractivity contribution in [2.45, 2.75) is 25.4 Å². The van der Waals surface area contributed by atoms with Gasteiger partial charge in [-0.15, -0.1) is 5.10 Å². The maximum Gasteiger partial charge on any atom is 0.273 e. The molecule has 1 unspecified atom stereocenters. The van der Waals surface area contributed by atoms with Crippen LogP contribution in [0.3, 0.4) is 0 Å². The van der Waals surface area contributed by atoms with Gasteiger partial charge >= 0.3 is 0 Å². The van der Waals surface area contributed by atoms with Crippen molar-refractivity contribution < 1.29 is 4.79 Å². The van der Waals surface area contributed by atoms with E-state index < -0.39 is 0 Å².